The SMILES string of the molecule is C=NN/C=C(\C)CC. The Balaban J connectivity index is 3.40. The Kier molecular flexibility index (Phi) is 3.94. The van der Waals surface area contributed by atoms with Gasteiger partial charge in [0.15, 0.2) is 0 Å². The average molecular weight is 112 g/mol. The van der Waals surface area contributed by atoms with Gasteiger partial charge in [-0.2, -0.15) is 5.10 Å². The lowest BCUT2D eigenvalue weighted by Gasteiger charge is -1.91. The van der Waals surface area contributed by atoms with Crippen molar-refractivity contribution < 1.29 is 0 Å². The van der Waals surface area contributed by atoms with Crippen LogP contribution in [-0.4, -0.2) is 6.72 Å². The van der Waals surface area contributed by atoms with Crippen LogP contribution in [0.3, 0.4) is 0 Å². The number of hydrogen-bond donors (Lipinski definition) is 1. The first kappa shape index (κ1) is 7.21. The molecule has 0 saturated carbocycles. The van der Waals surface area contributed by atoms with Crippen molar-refractivity contribution >= 4 is 6.72 Å². The van der Waals surface area contributed by atoms with Gasteiger partial charge in [-0.15, -0.1) is 0 Å². The Morgan fingerprint density at radius 3 is 2.88 bits per heavy atom. The number of allylic oxidation sites excluding steroid dienone is 1. The molecule has 1 N–H and O–H groups in total. The van der Waals surface area contributed by atoms with E-state index in [2.05, 4.69) is 24.2 Å². The summed E-state index contributed by atoms with van der Waals surface area (Å²) in [5.41, 5.74) is 3.93. The first-order valence-electron chi connectivity index (χ1n) is 2.68. The number of hydrogen-bond acceptors (Lipinski definition) is 2. The molecule has 0 aliphatic carbocycles. The van der Waals surface area contributed by atoms with Gasteiger partial charge in [-0.1, -0.05) is 12.5 Å². The summed E-state index contributed by atoms with van der Waals surface area (Å²) in [4.78, 5) is 0. The van der Waals surface area contributed by atoms with Crippen molar-refractivity contribution in [3.05, 3.63) is 11.8 Å². The molecular weight excluding hydrogens is 100 g/mol. The Bertz CT molecular complexity index is 94.7. The van der Waals surface area contributed by atoms with Gasteiger partial charge < -0.3 is 0 Å². The molecule has 0 spiro atoms. The molecule has 0 heterocycles. The van der Waals surface area contributed by atoms with E-state index in [0.29, 0.717) is 0 Å². The first-order chi connectivity index (χ1) is 3.81. The van der Waals surface area contributed by atoms with Crippen molar-refractivity contribution in [2.45, 2.75) is 20.3 Å². The van der Waals surface area contributed by atoms with Crippen LogP contribution in [-0.2, 0) is 0 Å². The van der Waals surface area contributed by atoms with Gasteiger partial charge in [0, 0.05) is 12.9 Å². The van der Waals surface area contributed by atoms with E-state index in [1.165, 1.54) is 5.57 Å². The molecule has 0 amide bonds. The molecule has 2 heteroatoms. The van der Waals surface area contributed by atoms with Crippen LogP contribution in [0.4, 0.5) is 0 Å². The fraction of sp³-hybridized carbons (Fsp3) is 0.500. The monoisotopic (exact) mass is 112 g/mol. The Morgan fingerprint density at radius 1 is 1.88 bits per heavy atom. The molecule has 0 aromatic carbocycles. The second-order valence-electron chi connectivity index (χ2n) is 1.63. The standard InChI is InChI=1S/C6H12N2/c1-4-6(2)5-8-7-3/h5,8H,3-4H2,1-2H3/b6-5+. The Hall–Kier alpha value is -0.790. The highest BCUT2D eigenvalue weighted by Gasteiger charge is 1.77. The quantitative estimate of drug-likeness (QED) is 0.434. The third kappa shape index (κ3) is 3.40. The lowest BCUT2D eigenvalue weighted by atomic mass is 10.3. The van der Waals surface area contributed by atoms with Gasteiger partial charge in [0.25, 0.3) is 0 Å². The van der Waals surface area contributed by atoms with Gasteiger partial charge in [-0.05, 0) is 13.3 Å². The number of hydrazone groups is 1. The number of rotatable bonds is 3. The lowest BCUT2D eigenvalue weighted by molar-refractivity contribution is 0.939. The number of nitrogens with zero attached hydrogens (tertiary/aromatic N) is 1. The molecule has 8 heavy (non-hydrogen) atoms. The third-order valence-corrected chi connectivity index (χ3v) is 0.960. The van der Waals surface area contributed by atoms with Crippen LogP contribution >= 0.6 is 0 Å². The fourth-order valence-corrected chi connectivity index (χ4v) is 0.258. The second-order valence-corrected chi connectivity index (χ2v) is 1.63. The molecule has 0 bridgehead atoms. The van der Waals surface area contributed by atoms with E-state index in [4.69, 9.17) is 0 Å². The van der Waals surface area contributed by atoms with Crippen LogP contribution in [0.15, 0.2) is 16.9 Å². The van der Waals surface area contributed by atoms with E-state index >= 15 is 0 Å². The van der Waals surface area contributed by atoms with Crippen LogP contribution < -0.4 is 5.43 Å². The predicted molar refractivity (Wildman–Crippen MR) is 36.7 cm³/mol. The van der Waals surface area contributed by atoms with E-state index < -0.39 is 0 Å². The molecule has 2 nitrogen and oxygen atoms in total. The minimum atomic E-state index is 1.06. The van der Waals surface area contributed by atoms with Crippen LogP contribution in [0.5, 0.6) is 0 Å². The minimum Gasteiger partial charge on any atom is -0.286 e. The largest absolute Gasteiger partial charge is 0.286 e. The average Bonchev–Trinajstić information content (AvgIpc) is 1.83. The van der Waals surface area contributed by atoms with Crippen molar-refractivity contribution in [1.29, 1.82) is 0 Å². The summed E-state index contributed by atoms with van der Waals surface area (Å²) >= 11 is 0. The molecule has 0 aromatic rings. The van der Waals surface area contributed by atoms with E-state index in [1.807, 2.05) is 13.1 Å². The van der Waals surface area contributed by atoms with E-state index in [9.17, 15) is 0 Å². The molecule has 0 saturated heterocycles. The summed E-state index contributed by atoms with van der Waals surface area (Å²) in [7, 11) is 0. The van der Waals surface area contributed by atoms with Gasteiger partial charge in [-0.25, -0.2) is 0 Å². The molecule has 0 fully saturated rings. The molecule has 0 aliphatic rings. The normalized spacial score (nSPS) is 11.0. The summed E-state index contributed by atoms with van der Waals surface area (Å²) in [5.74, 6) is 0. The zero-order valence-electron chi connectivity index (χ0n) is 5.44. The van der Waals surface area contributed by atoms with Crippen molar-refractivity contribution in [2.75, 3.05) is 0 Å². The van der Waals surface area contributed by atoms with E-state index in [-0.39, 0.29) is 0 Å². The molecule has 46 valence electrons. The van der Waals surface area contributed by atoms with Crippen molar-refractivity contribution in [3.63, 3.8) is 0 Å². The summed E-state index contributed by atoms with van der Waals surface area (Å²) < 4.78 is 0. The Morgan fingerprint density at radius 2 is 2.50 bits per heavy atom. The van der Waals surface area contributed by atoms with Gasteiger partial charge in [-0.3, -0.25) is 5.43 Å². The van der Waals surface area contributed by atoms with Gasteiger partial charge >= 0.3 is 0 Å². The molecular formula is C6H12N2. The van der Waals surface area contributed by atoms with E-state index in [1.54, 1.807) is 0 Å². The van der Waals surface area contributed by atoms with Crippen molar-refractivity contribution in [3.8, 4) is 0 Å². The number of nitrogens with one attached hydrogen (secondary N) is 1. The maximum Gasteiger partial charge on any atom is 0.0188 e. The van der Waals surface area contributed by atoms with Crippen LogP contribution in [0.2, 0.25) is 0 Å². The highest BCUT2D eigenvalue weighted by molar-refractivity contribution is 5.22. The second kappa shape index (κ2) is 4.37. The van der Waals surface area contributed by atoms with Gasteiger partial charge in [0.1, 0.15) is 0 Å². The molecule has 0 aromatic heterocycles. The van der Waals surface area contributed by atoms with Crippen LogP contribution in [0.25, 0.3) is 0 Å². The lowest BCUT2D eigenvalue weighted by Crippen LogP contribution is -1.91. The molecule has 0 unspecified atom stereocenters. The van der Waals surface area contributed by atoms with Crippen LogP contribution in [0, 0.1) is 0 Å². The summed E-state index contributed by atoms with van der Waals surface area (Å²) in [6.45, 7) is 7.39. The first-order valence-corrected chi connectivity index (χ1v) is 2.68. The van der Waals surface area contributed by atoms with Crippen LogP contribution in [0.1, 0.15) is 20.3 Å². The molecule has 0 aliphatic heterocycles. The summed E-state index contributed by atoms with van der Waals surface area (Å²) in [6.07, 6.45) is 2.90. The predicted octanol–water partition coefficient (Wildman–Crippen LogP) is 1.51. The molecule has 0 radical (unpaired) electrons. The minimum absolute atomic E-state index is 1.06. The highest BCUT2D eigenvalue weighted by Crippen LogP contribution is 1.93. The highest BCUT2D eigenvalue weighted by atomic mass is 15.3. The molecule has 0 rings (SSSR count). The van der Waals surface area contributed by atoms with Crippen molar-refractivity contribution in [1.82, 2.24) is 5.43 Å². The fourth-order valence-electron chi connectivity index (χ4n) is 0.258. The Labute approximate surface area is 50.3 Å². The third-order valence-electron chi connectivity index (χ3n) is 0.960. The van der Waals surface area contributed by atoms with Gasteiger partial charge in [0.2, 0.25) is 0 Å². The maximum atomic E-state index is 3.45. The van der Waals surface area contributed by atoms with Crippen molar-refractivity contribution in [2.24, 2.45) is 5.10 Å². The van der Waals surface area contributed by atoms with E-state index in [0.717, 1.165) is 6.42 Å². The maximum absolute atomic E-state index is 3.45. The van der Waals surface area contributed by atoms with Gasteiger partial charge in [0.05, 0.1) is 0 Å². The zero-order chi connectivity index (χ0) is 6.41. The summed E-state index contributed by atoms with van der Waals surface area (Å²) in [6, 6.07) is 0. The smallest absolute Gasteiger partial charge is 0.0188 e. The topological polar surface area (TPSA) is 24.4 Å². The zero-order valence-corrected chi connectivity index (χ0v) is 5.44. The summed E-state index contributed by atoms with van der Waals surface area (Å²) in [5, 5.41) is 3.45. The molecule has 0 atom stereocenters.